The third-order valence-corrected chi connectivity index (χ3v) is 7.17. The van der Waals surface area contributed by atoms with Crippen LogP contribution in [0.15, 0.2) is 47.6 Å². The molecule has 3 amide bonds. The molecule has 1 saturated heterocycles. The second-order valence-electron chi connectivity index (χ2n) is 7.54. The number of imide groups is 1. The van der Waals surface area contributed by atoms with Gasteiger partial charge in [-0.05, 0) is 42.7 Å². The van der Waals surface area contributed by atoms with Gasteiger partial charge in [0.1, 0.15) is 11.4 Å². The highest BCUT2D eigenvalue weighted by Crippen LogP contribution is 2.55. The van der Waals surface area contributed by atoms with Crippen LogP contribution in [-0.4, -0.2) is 42.2 Å². The van der Waals surface area contributed by atoms with Crippen LogP contribution in [0.3, 0.4) is 0 Å². The Morgan fingerprint density at radius 3 is 2.31 bits per heavy atom. The van der Waals surface area contributed by atoms with Gasteiger partial charge in [-0.2, -0.15) is 13.2 Å². The maximum absolute atomic E-state index is 13.3. The summed E-state index contributed by atoms with van der Waals surface area (Å²) >= 11 is 0. The number of nitrogens with zero attached hydrogens (tertiary/aromatic N) is 3. The normalized spacial score (nSPS) is 23.2. The topological polar surface area (TPSA) is 138 Å². The van der Waals surface area contributed by atoms with Crippen LogP contribution in [0.25, 0.3) is 0 Å². The lowest BCUT2D eigenvalue weighted by molar-refractivity contribution is -0.119. The van der Waals surface area contributed by atoms with Crippen molar-refractivity contribution in [1.29, 1.82) is 5.41 Å². The Balaban J connectivity index is 1.78. The van der Waals surface area contributed by atoms with Crippen LogP contribution >= 0.6 is 0 Å². The van der Waals surface area contributed by atoms with Crippen molar-refractivity contribution in [3.05, 3.63) is 48.3 Å². The molecular weight excluding hydrogens is 451 g/mol. The maximum Gasteiger partial charge on any atom is 0.501 e. The number of urea groups is 1. The fourth-order valence-corrected chi connectivity index (χ4v) is 4.67. The number of amides is 3. The number of sulfone groups is 1. The third-order valence-electron chi connectivity index (χ3n) is 5.67. The summed E-state index contributed by atoms with van der Waals surface area (Å²) in [5.74, 6) is -1.20. The van der Waals surface area contributed by atoms with Crippen molar-refractivity contribution in [2.24, 2.45) is 11.7 Å². The molecule has 0 bridgehead atoms. The first-order valence-electron chi connectivity index (χ1n) is 9.22. The molecule has 2 fully saturated rings. The second kappa shape index (κ2) is 6.76. The monoisotopic (exact) mass is 467 g/mol. The standard InChI is InChI=1S/C19H16F3N5O4S/c1-10-8-18(10)16(28)26(11-2-4-12(5-3-11)32(30,31)19(20,21)22)17(29)27(18)14-6-7-25-9-13(14)15(23)24/h2-7,9-10H,8H2,1H3,(H3,23,24). The van der Waals surface area contributed by atoms with Crippen molar-refractivity contribution >= 4 is 39.0 Å². The molecule has 0 radical (unpaired) electrons. The van der Waals surface area contributed by atoms with E-state index in [4.69, 9.17) is 11.1 Å². The Kier molecular flexibility index (Phi) is 4.59. The van der Waals surface area contributed by atoms with Gasteiger partial charge in [-0.3, -0.25) is 20.1 Å². The molecule has 2 aliphatic rings. The number of anilines is 2. The molecule has 168 valence electrons. The van der Waals surface area contributed by atoms with Gasteiger partial charge >= 0.3 is 11.5 Å². The predicted molar refractivity (Wildman–Crippen MR) is 107 cm³/mol. The number of nitrogens with two attached hydrogens (primary N) is 1. The van der Waals surface area contributed by atoms with Crippen LogP contribution in [0.2, 0.25) is 0 Å². The molecule has 1 aromatic heterocycles. The largest absolute Gasteiger partial charge is 0.501 e. The van der Waals surface area contributed by atoms with E-state index in [1.54, 1.807) is 6.92 Å². The van der Waals surface area contributed by atoms with E-state index in [0.29, 0.717) is 18.6 Å². The molecule has 3 N–H and O–H groups in total. The lowest BCUT2D eigenvalue weighted by Gasteiger charge is -2.24. The molecule has 13 heteroatoms. The smallest absolute Gasteiger partial charge is 0.384 e. The van der Waals surface area contributed by atoms with Crippen molar-refractivity contribution in [2.75, 3.05) is 9.80 Å². The minimum Gasteiger partial charge on any atom is -0.384 e. The molecule has 1 aliphatic heterocycles. The summed E-state index contributed by atoms with van der Waals surface area (Å²) in [4.78, 5) is 31.5. The molecule has 2 heterocycles. The number of carbonyl (C=O) groups is 2. The number of aromatic nitrogens is 1. The van der Waals surface area contributed by atoms with Gasteiger partial charge in [0.05, 0.1) is 21.8 Å². The molecule has 32 heavy (non-hydrogen) atoms. The van der Waals surface area contributed by atoms with Crippen LogP contribution < -0.4 is 15.5 Å². The molecule has 2 aromatic rings. The highest BCUT2D eigenvalue weighted by Gasteiger charge is 2.70. The van der Waals surface area contributed by atoms with Gasteiger partial charge in [0.15, 0.2) is 0 Å². The van der Waals surface area contributed by atoms with E-state index in [-0.39, 0.29) is 28.7 Å². The average Bonchev–Trinajstić information content (AvgIpc) is 3.33. The van der Waals surface area contributed by atoms with E-state index in [1.807, 2.05) is 0 Å². The fraction of sp³-hybridized carbons (Fsp3) is 0.263. The zero-order valence-corrected chi connectivity index (χ0v) is 17.2. The first-order chi connectivity index (χ1) is 14.8. The van der Waals surface area contributed by atoms with Crippen LogP contribution in [0.5, 0.6) is 0 Å². The lowest BCUT2D eigenvalue weighted by Crippen LogP contribution is -2.40. The number of alkyl halides is 3. The van der Waals surface area contributed by atoms with E-state index in [2.05, 4.69) is 4.98 Å². The Bertz CT molecular complexity index is 1260. The minimum atomic E-state index is -5.58. The second-order valence-corrected chi connectivity index (χ2v) is 9.48. The number of nitrogens with one attached hydrogen (secondary N) is 1. The van der Waals surface area contributed by atoms with Crippen LogP contribution in [0, 0.1) is 11.3 Å². The highest BCUT2D eigenvalue weighted by atomic mass is 32.2. The fourth-order valence-electron chi connectivity index (χ4n) is 3.91. The predicted octanol–water partition coefficient (Wildman–Crippen LogP) is 2.41. The Morgan fingerprint density at radius 2 is 1.81 bits per heavy atom. The molecule has 1 spiro atoms. The first kappa shape index (κ1) is 21.7. The van der Waals surface area contributed by atoms with Crippen LogP contribution in [0.4, 0.5) is 29.3 Å². The summed E-state index contributed by atoms with van der Waals surface area (Å²) < 4.78 is 61.6. The molecule has 9 nitrogen and oxygen atoms in total. The summed E-state index contributed by atoms with van der Waals surface area (Å²) in [5, 5.41) is 7.76. The van der Waals surface area contributed by atoms with Crippen LogP contribution in [-0.2, 0) is 14.6 Å². The number of amidine groups is 1. The van der Waals surface area contributed by atoms with Crippen LogP contribution in [0.1, 0.15) is 18.9 Å². The first-order valence-corrected chi connectivity index (χ1v) is 10.7. The lowest BCUT2D eigenvalue weighted by atomic mass is 10.1. The van der Waals surface area contributed by atoms with E-state index in [0.717, 1.165) is 17.0 Å². The van der Waals surface area contributed by atoms with E-state index >= 15 is 0 Å². The summed E-state index contributed by atoms with van der Waals surface area (Å²) in [6.07, 6.45) is 2.99. The molecular formula is C19H16F3N5O4S. The molecule has 2 unspecified atom stereocenters. The number of rotatable bonds is 4. The van der Waals surface area contributed by atoms with Gasteiger partial charge in [0.2, 0.25) is 0 Å². The average molecular weight is 467 g/mol. The van der Waals surface area contributed by atoms with Crippen molar-refractivity contribution < 1.29 is 31.2 Å². The number of benzene rings is 1. The van der Waals surface area contributed by atoms with Crippen molar-refractivity contribution in [2.45, 2.75) is 29.3 Å². The van der Waals surface area contributed by atoms with Gasteiger partial charge in [-0.25, -0.2) is 18.1 Å². The Hall–Kier alpha value is -3.48. The van der Waals surface area contributed by atoms with E-state index in [1.165, 1.54) is 23.4 Å². The number of pyridine rings is 1. The van der Waals surface area contributed by atoms with Gasteiger partial charge in [-0.1, -0.05) is 6.92 Å². The van der Waals surface area contributed by atoms with Crippen molar-refractivity contribution in [3.8, 4) is 0 Å². The minimum absolute atomic E-state index is 0.0828. The van der Waals surface area contributed by atoms with E-state index in [9.17, 15) is 31.2 Å². The third kappa shape index (κ3) is 2.87. The number of carbonyl (C=O) groups excluding carboxylic acids is 2. The summed E-state index contributed by atoms with van der Waals surface area (Å²) in [7, 11) is -5.58. The van der Waals surface area contributed by atoms with Crippen molar-refractivity contribution in [1.82, 2.24) is 4.98 Å². The summed E-state index contributed by atoms with van der Waals surface area (Å²) in [5.41, 5.74) is -0.859. The van der Waals surface area contributed by atoms with Gasteiger partial charge in [0, 0.05) is 12.4 Å². The molecule has 2 atom stereocenters. The molecule has 1 saturated carbocycles. The number of halogens is 3. The Labute approximate surface area is 180 Å². The van der Waals surface area contributed by atoms with E-state index < -0.39 is 37.7 Å². The quantitative estimate of drug-likeness (QED) is 0.402. The van der Waals surface area contributed by atoms with Gasteiger partial charge in [-0.15, -0.1) is 0 Å². The summed E-state index contributed by atoms with van der Waals surface area (Å²) in [6, 6.07) is 3.97. The molecule has 1 aromatic carbocycles. The zero-order valence-electron chi connectivity index (χ0n) is 16.4. The van der Waals surface area contributed by atoms with Gasteiger partial charge in [0.25, 0.3) is 15.7 Å². The number of hydrogen-bond acceptors (Lipinski definition) is 6. The molecule has 1 aliphatic carbocycles. The number of nitrogen functional groups attached to an aromatic ring is 1. The SMILES string of the molecule is CC1CC12C(=O)N(c1ccc(S(=O)(=O)C(F)(F)F)cc1)C(=O)N2c1ccncc1C(=N)N. The number of hydrogen-bond donors (Lipinski definition) is 2. The van der Waals surface area contributed by atoms with Gasteiger partial charge < -0.3 is 5.73 Å². The highest BCUT2D eigenvalue weighted by molar-refractivity contribution is 7.92. The maximum atomic E-state index is 13.3. The summed E-state index contributed by atoms with van der Waals surface area (Å²) in [6.45, 7) is 1.76. The molecule has 4 rings (SSSR count). The Morgan fingerprint density at radius 1 is 1.22 bits per heavy atom. The van der Waals surface area contributed by atoms with Crippen molar-refractivity contribution in [3.63, 3.8) is 0 Å². The zero-order chi connectivity index (χ0) is 23.6.